The molecule has 4 nitrogen and oxygen atoms in total. The zero-order valence-electron chi connectivity index (χ0n) is 13.8. The molecule has 0 saturated carbocycles. The van der Waals surface area contributed by atoms with E-state index in [1.807, 2.05) is 47.8 Å². The Bertz CT molecular complexity index is 958. The molecular weight excluding hydrogens is 393 g/mol. The van der Waals surface area contributed by atoms with Gasteiger partial charge in [-0.1, -0.05) is 53.5 Å². The lowest BCUT2D eigenvalue weighted by molar-refractivity contribution is -0.685. The molecule has 2 N–H and O–H groups in total. The molecule has 0 bridgehead atoms. The summed E-state index contributed by atoms with van der Waals surface area (Å²) in [6.07, 6.45) is 1.61. The fraction of sp³-hybridized carbons (Fsp3) is 0.158. The van der Waals surface area contributed by atoms with Crippen LogP contribution in [0.4, 0.5) is 0 Å². The van der Waals surface area contributed by atoms with Crippen molar-refractivity contribution >= 4 is 33.0 Å². The van der Waals surface area contributed by atoms with Gasteiger partial charge in [-0.15, -0.1) is 0 Å². The number of rotatable bonds is 7. The number of hydrogen-bond donors (Lipinski definition) is 1. The molecule has 7 heteroatoms. The molecule has 26 heavy (non-hydrogen) atoms. The second-order valence-corrected chi connectivity index (χ2v) is 8.74. The Morgan fingerprint density at radius 1 is 1.00 bits per heavy atom. The summed E-state index contributed by atoms with van der Waals surface area (Å²) in [6, 6.07) is 17.9. The summed E-state index contributed by atoms with van der Waals surface area (Å²) in [5.74, 6) is 0.714. The molecule has 1 heterocycles. The molecule has 1 atom stereocenters. The van der Waals surface area contributed by atoms with E-state index in [2.05, 4.69) is 0 Å². The van der Waals surface area contributed by atoms with E-state index in [0.717, 1.165) is 11.3 Å². The van der Waals surface area contributed by atoms with Crippen LogP contribution in [0.15, 0.2) is 76.2 Å². The summed E-state index contributed by atoms with van der Waals surface area (Å²) in [4.78, 5) is 0.0642. The van der Waals surface area contributed by atoms with Crippen LogP contribution in [0.25, 0.3) is 0 Å². The van der Waals surface area contributed by atoms with Crippen molar-refractivity contribution in [3.63, 3.8) is 0 Å². The predicted molar refractivity (Wildman–Crippen MR) is 102 cm³/mol. The summed E-state index contributed by atoms with van der Waals surface area (Å²) < 4.78 is 30.8. The lowest BCUT2D eigenvalue weighted by Gasteiger charge is -2.14. The number of nitrogens with two attached hydrogens (primary N) is 1. The molecular formula is C19H18Cl2NO3S+. The molecule has 1 aromatic heterocycles. The molecule has 0 aliphatic heterocycles. The first-order valence-corrected chi connectivity index (χ1v) is 10.5. The van der Waals surface area contributed by atoms with Gasteiger partial charge in [0.1, 0.15) is 5.75 Å². The van der Waals surface area contributed by atoms with Crippen molar-refractivity contribution in [2.24, 2.45) is 0 Å². The standard InChI is InChI=1S/C19H17Cl2NO3S/c20-15-8-9-16(21)18(13-15)26(23,24)12-10-22-19(17-7-4-11-25-17)14-5-2-1-3-6-14/h1-9,11,13,19,22H,10,12H2/p+1/t19-/m0/s1. The van der Waals surface area contributed by atoms with Crippen LogP contribution in [0.1, 0.15) is 17.4 Å². The van der Waals surface area contributed by atoms with Crippen molar-refractivity contribution < 1.29 is 18.2 Å². The van der Waals surface area contributed by atoms with E-state index in [1.54, 1.807) is 12.3 Å². The number of benzene rings is 2. The Morgan fingerprint density at radius 3 is 2.46 bits per heavy atom. The highest BCUT2D eigenvalue weighted by Gasteiger charge is 2.23. The van der Waals surface area contributed by atoms with E-state index < -0.39 is 9.84 Å². The first-order valence-electron chi connectivity index (χ1n) is 8.07. The Balaban J connectivity index is 1.75. The number of hydrogen-bond acceptors (Lipinski definition) is 3. The van der Waals surface area contributed by atoms with Crippen LogP contribution in [0.3, 0.4) is 0 Å². The zero-order valence-corrected chi connectivity index (χ0v) is 16.1. The van der Waals surface area contributed by atoms with E-state index in [-0.39, 0.29) is 21.7 Å². The Hall–Kier alpha value is -1.79. The first-order chi connectivity index (χ1) is 12.5. The van der Waals surface area contributed by atoms with Gasteiger partial charge in [-0.05, 0) is 30.3 Å². The van der Waals surface area contributed by atoms with Crippen LogP contribution in [0, 0.1) is 0 Å². The fourth-order valence-electron chi connectivity index (χ4n) is 2.76. The van der Waals surface area contributed by atoms with E-state index in [0.29, 0.717) is 11.6 Å². The molecule has 136 valence electrons. The van der Waals surface area contributed by atoms with Crippen molar-refractivity contribution in [2.75, 3.05) is 12.3 Å². The minimum Gasteiger partial charge on any atom is -0.463 e. The molecule has 0 spiro atoms. The maximum Gasteiger partial charge on any atom is 0.185 e. The molecule has 0 unspecified atom stereocenters. The van der Waals surface area contributed by atoms with E-state index >= 15 is 0 Å². The molecule has 0 aliphatic carbocycles. The van der Waals surface area contributed by atoms with Crippen molar-refractivity contribution in [3.8, 4) is 0 Å². The van der Waals surface area contributed by atoms with Crippen LogP contribution >= 0.6 is 23.2 Å². The van der Waals surface area contributed by atoms with Crippen molar-refractivity contribution in [2.45, 2.75) is 10.9 Å². The third kappa shape index (κ3) is 4.48. The average molecular weight is 411 g/mol. The van der Waals surface area contributed by atoms with Gasteiger partial charge in [0.05, 0.1) is 22.7 Å². The van der Waals surface area contributed by atoms with E-state index in [1.165, 1.54) is 12.1 Å². The highest BCUT2D eigenvalue weighted by Crippen LogP contribution is 2.25. The van der Waals surface area contributed by atoms with Crippen LogP contribution in [0.2, 0.25) is 10.0 Å². The first kappa shape index (κ1) is 19.0. The number of sulfone groups is 1. The van der Waals surface area contributed by atoms with Gasteiger partial charge in [-0.25, -0.2) is 8.42 Å². The quantitative estimate of drug-likeness (QED) is 0.645. The fourth-order valence-corrected chi connectivity index (χ4v) is 4.81. The lowest BCUT2D eigenvalue weighted by Crippen LogP contribution is -2.86. The van der Waals surface area contributed by atoms with Crippen molar-refractivity contribution in [1.82, 2.24) is 0 Å². The van der Waals surface area contributed by atoms with Gasteiger partial charge < -0.3 is 9.73 Å². The highest BCUT2D eigenvalue weighted by atomic mass is 35.5. The molecule has 0 saturated heterocycles. The zero-order chi connectivity index (χ0) is 18.6. The molecule has 0 aliphatic rings. The minimum absolute atomic E-state index is 0.0584. The monoisotopic (exact) mass is 410 g/mol. The maximum atomic E-state index is 12.6. The normalized spacial score (nSPS) is 12.8. The summed E-state index contributed by atoms with van der Waals surface area (Å²) in [5, 5.41) is 2.47. The Morgan fingerprint density at radius 2 is 1.77 bits per heavy atom. The third-order valence-electron chi connectivity index (χ3n) is 4.03. The predicted octanol–water partition coefficient (Wildman–Crippen LogP) is 3.71. The number of furan rings is 1. The molecule has 0 amide bonds. The largest absolute Gasteiger partial charge is 0.463 e. The number of quaternary nitrogens is 1. The van der Waals surface area contributed by atoms with Gasteiger partial charge in [0.2, 0.25) is 0 Å². The minimum atomic E-state index is -3.54. The molecule has 3 aromatic rings. The third-order valence-corrected chi connectivity index (χ3v) is 6.48. The van der Waals surface area contributed by atoms with Gasteiger partial charge >= 0.3 is 0 Å². The molecule has 0 radical (unpaired) electrons. The molecule has 0 fully saturated rings. The highest BCUT2D eigenvalue weighted by molar-refractivity contribution is 7.91. The topological polar surface area (TPSA) is 63.9 Å². The average Bonchev–Trinajstić information content (AvgIpc) is 3.16. The number of halogens is 2. The second-order valence-electron chi connectivity index (χ2n) is 5.82. The van der Waals surface area contributed by atoms with Gasteiger partial charge in [-0.3, -0.25) is 0 Å². The summed E-state index contributed by atoms with van der Waals surface area (Å²) in [5.41, 5.74) is 1.04. The second kappa shape index (κ2) is 8.27. The van der Waals surface area contributed by atoms with Crippen LogP contribution in [-0.2, 0) is 9.84 Å². The molecule has 3 rings (SSSR count). The smallest absolute Gasteiger partial charge is 0.185 e. The van der Waals surface area contributed by atoms with Crippen LogP contribution < -0.4 is 5.32 Å². The van der Waals surface area contributed by atoms with E-state index in [4.69, 9.17) is 27.6 Å². The van der Waals surface area contributed by atoms with Crippen molar-refractivity contribution in [3.05, 3.63) is 88.3 Å². The lowest BCUT2D eigenvalue weighted by atomic mass is 10.0. The van der Waals surface area contributed by atoms with Gasteiger partial charge in [0.15, 0.2) is 21.6 Å². The van der Waals surface area contributed by atoms with Gasteiger partial charge in [0.25, 0.3) is 0 Å². The molecule has 2 aromatic carbocycles. The van der Waals surface area contributed by atoms with Crippen molar-refractivity contribution in [1.29, 1.82) is 0 Å². The van der Waals surface area contributed by atoms with Crippen LogP contribution in [0.5, 0.6) is 0 Å². The van der Waals surface area contributed by atoms with Gasteiger partial charge in [-0.2, -0.15) is 0 Å². The SMILES string of the molecule is O=S(=O)(CC[NH2+][C@@H](c1ccccc1)c1ccco1)c1cc(Cl)ccc1Cl. The van der Waals surface area contributed by atoms with Gasteiger partial charge in [0, 0.05) is 10.6 Å². The summed E-state index contributed by atoms with van der Waals surface area (Å²) in [7, 11) is -3.54. The maximum absolute atomic E-state index is 12.6. The van der Waals surface area contributed by atoms with E-state index in [9.17, 15) is 8.42 Å². The Labute approximate surface area is 162 Å². The summed E-state index contributed by atoms with van der Waals surface area (Å²) in [6.45, 7) is 0.353. The van der Waals surface area contributed by atoms with Crippen LogP contribution in [-0.4, -0.2) is 20.7 Å². The summed E-state index contributed by atoms with van der Waals surface area (Å²) >= 11 is 11.9. The Kier molecular flexibility index (Phi) is 6.04.